The highest BCUT2D eigenvalue weighted by molar-refractivity contribution is 9.11. The van der Waals surface area contributed by atoms with E-state index in [2.05, 4.69) is 56.7 Å². The molecule has 5 atom stereocenters. The molecular weight excluding hydrogens is 468 g/mol. The molecule has 0 bridgehead atoms. The zero-order chi connectivity index (χ0) is 19.5. The minimum absolute atomic E-state index is 0.0483. The molecule has 0 radical (unpaired) electrons. The van der Waals surface area contributed by atoms with Gasteiger partial charge in [0.1, 0.15) is 12.2 Å². The first-order valence-corrected chi connectivity index (χ1v) is 10.5. The van der Waals surface area contributed by atoms with Gasteiger partial charge >= 0.3 is 11.9 Å². The van der Waals surface area contributed by atoms with E-state index < -0.39 is 0 Å². The fourth-order valence-electron chi connectivity index (χ4n) is 2.80. The largest absolute Gasteiger partial charge is 0.461 e. The summed E-state index contributed by atoms with van der Waals surface area (Å²) >= 11 is 6.78. The smallest absolute Gasteiger partial charge is 0.302 e. The van der Waals surface area contributed by atoms with Gasteiger partial charge in [0, 0.05) is 31.7 Å². The summed E-state index contributed by atoms with van der Waals surface area (Å²) in [6, 6.07) is 0. The number of ether oxygens (including phenoxy) is 3. The maximum Gasteiger partial charge on any atom is 0.302 e. The molecule has 0 aromatic rings. The van der Waals surface area contributed by atoms with E-state index in [-0.39, 0.29) is 41.2 Å². The van der Waals surface area contributed by atoms with Crippen LogP contribution in [0.1, 0.15) is 46.5 Å². The topological polar surface area (TPSA) is 61.8 Å². The minimum atomic E-state index is -0.383. The van der Waals surface area contributed by atoms with Crippen LogP contribution in [-0.4, -0.2) is 41.2 Å². The van der Waals surface area contributed by atoms with Gasteiger partial charge in [-0.1, -0.05) is 50.9 Å². The van der Waals surface area contributed by atoms with Crippen molar-refractivity contribution in [2.45, 2.75) is 75.7 Å². The molecule has 1 saturated heterocycles. The number of halogens is 2. The molecule has 0 aromatic heterocycles. The fraction of sp³-hybridized carbons (Fsp3) is 0.632. The molecule has 0 saturated carbocycles. The number of carbonyl (C=O) groups is 2. The zero-order valence-corrected chi connectivity index (χ0v) is 18.5. The van der Waals surface area contributed by atoms with Crippen LogP contribution in [0.2, 0.25) is 0 Å². The van der Waals surface area contributed by atoms with Gasteiger partial charge in [0.2, 0.25) is 0 Å². The van der Waals surface area contributed by atoms with Gasteiger partial charge in [-0.3, -0.25) is 9.59 Å². The highest BCUT2D eigenvalue weighted by Gasteiger charge is 2.39. The highest BCUT2D eigenvalue weighted by Crippen LogP contribution is 2.30. The van der Waals surface area contributed by atoms with E-state index in [0.717, 1.165) is 12.8 Å². The summed E-state index contributed by atoms with van der Waals surface area (Å²) in [7, 11) is 0. The van der Waals surface area contributed by atoms with Crippen molar-refractivity contribution in [3.8, 4) is 0 Å². The quantitative estimate of drug-likeness (QED) is 0.203. The fourth-order valence-corrected chi connectivity index (χ4v) is 3.49. The molecule has 7 heteroatoms. The molecule has 1 aliphatic rings. The average Bonchev–Trinajstić information content (AvgIpc) is 2.93. The molecule has 1 rings (SSSR count). The Morgan fingerprint density at radius 3 is 2.62 bits per heavy atom. The summed E-state index contributed by atoms with van der Waals surface area (Å²) in [6.45, 7) is 4.83. The summed E-state index contributed by atoms with van der Waals surface area (Å²) < 4.78 is 16.9. The van der Waals surface area contributed by atoms with Crippen LogP contribution in [-0.2, 0) is 23.8 Å². The molecule has 1 aliphatic heterocycles. The lowest BCUT2D eigenvalue weighted by Crippen LogP contribution is -2.35. The van der Waals surface area contributed by atoms with Gasteiger partial charge < -0.3 is 14.2 Å². The monoisotopic (exact) mass is 492 g/mol. The van der Waals surface area contributed by atoms with Crippen LogP contribution in [0.25, 0.3) is 0 Å². The molecule has 0 spiro atoms. The maximum atomic E-state index is 11.5. The minimum Gasteiger partial charge on any atom is -0.461 e. The molecule has 1 fully saturated rings. The van der Waals surface area contributed by atoms with Gasteiger partial charge in [-0.25, -0.2) is 0 Å². The normalized spacial score (nSPS) is 24.6. The number of hydrogen-bond donors (Lipinski definition) is 0. The van der Waals surface area contributed by atoms with Crippen LogP contribution >= 0.6 is 31.9 Å². The Morgan fingerprint density at radius 1 is 1.31 bits per heavy atom. The Labute approximate surface area is 172 Å². The van der Waals surface area contributed by atoms with Gasteiger partial charge in [0.05, 0.1) is 17.0 Å². The van der Waals surface area contributed by atoms with Crippen LogP contribution in [0.4, 0.5) is 0 Å². The van der Waals surface area contributed by atoms with E-state index in [9.17, 15) is 9.59 Å². The van der Waals surface area contributed by atoms with Crippen molar-refractivity contribution in [2.24, 2.45) is 0 Å². The predicted molar refractivity (Wildman–Crippen MR) is 107 cm³/mol. The van der Waals surface area contributed by atoms with Crippen molar-refractivity contribution < 1.29 is 23.8 Å². The predicted octanol–water partition coefficient (Wildman–Crippen LogP) is 4.58. The van der Waals surface area contributed by atoms with Crippen LogP contribution in [0.15, 0.2) is 28.9 Å². The molecule has 0 aliphatic carbocycles. The lowest BCUT2D eigenvalue weighted by atomic mass is 10.0. The summed E-state index contributed by atoms with van der Waals surface area (Å²) in [4.78, 5) is 24.5. The van der Waals surface area contributed by atoms with E-state index >= 15 is 0 Å². The first-order valence-electron chi connectivity index (χ1n) is 8.67. The van der Waals surface area contributed by atoms with E-state index in [0.29, 0.717) is 12.8 Å². The van der Waals surface area contributed by atoms with E-state index in [4.69, 9.17) is 14.2 Å². The third-order valence-electron chi connectivity index (χ3n) is 3.84. The number of hydrogen-bond acceptors (Lipinski definition) is 5. The Kier molecular flexibility index (Phi) is 11.1. The summed E-state index contributed by atoms with van der Waals surface area (Å²) in [5.74, 6) is -0.700. The molecule has 5 nitrogen and oxygen atoms in total. The van der Waals surface area contributed by atoms with E-state index in [1.54, 1.807) is 11.1 Å². The Morgan fingerprint density at radius 2 is 2.04 bits per heavy atom. The molecule has 0 aromatic carbocycles. The lowest BCUT2D eigenvalue weighted by Gasteiger charge is -2.26. The second-order valence-corrected chi connectivity index (χ2v) is 7.69. The number of rotatable bonds is 9. The highest BCUT2D eigenvalue weighted by atomic mass is 79.9. The molecular formula is C19H26Br2O5. The van der Waals surface area contributed by atoms with Crippen molar-refractivity contribution in [2.75, 3.05) is 0 Å². The zero-order valence-electron chi connectivity index (χ0n) is 15.3. The van der Waals surface area contributed by atoms with Crippen LogP contribution in [0.5, 0.6) is 0 Å². The molecule has 0 N–H and O–H groups in total. The molecule has 1 heterocycles. The molecule has 5 unspecified atom stereocenters. The third-order valence-corrected chi connectivity index (χ3v) is 5.07. The van der Waals surface area contributed by atoms with E-state index in [1.165, 1.54) is 13.8 Å². The van der Waals surface area contributed by atoms with Gasteiger partial charge in [-0.05, 0) is 18.9 Å². The van der Waals surface area contributed by atoms with Crippen LogP contribution in [0, 0.1) is 0 Å². The number of alkyl halides is 1. The summed E-state index contributed by atoms with van der Waals surface area (Å²) in [5.41, 5.74) is 2.92. The molecule has 0 amide bonds. The van der Waals surface area contributed by atoms with Crippen LogP contribution < -0.4 is 0 Å². The van der Waals surface area contributed by atoms with Gasteiger partial charge in [-0.2, -0.15) is 0 Å². The molecule has 146 valence electrons. The van der Waals surface area contributed by atoms with Crippen molar-refractivity contribution in [1.29, 1.82) is 0 Å². The van der Waals surface area contributed by atoms with Gasteiger partial charge in [-0.15, -0.1) is 5.73 Å². The van der Waals surface area contributed by atoms with Crippen molar-refractivity contribution >= 4 is 43.8 Å². The number of allylic oxidation sites excluding steroid dienone is 2. The average molecular weight is 494 g/mol. The first-order chi connectivity index (χ1) is 12.4. The summed E-state index contributed by atoms with van der Waals surface area (Å²) in [6.07, 6.45) is 7.26. The second kappa shape index (κ2) is 12.5. The SMILES string of the molecule is CCC=CCC(Br)C(CC1OC(C=C=CBr)CC1OC(C)=O)OC(C)=O. The Balaban J connectivity index is 2.85. The van der Waals surface area contributed by atoms with Gasteiger partial charge in [0.25, 0.3) is 0 Å². The number of esters is 2. The Bertz CT molecular complexity index is 554. The Hall–Kier alpha value is -0.880. The number of carbonyl (C=O) groups excluding carboxylic acids is 2. The van der Waals surface area contributed by atoms with Crippen LogP contribution in [0.3, 0.4) is 0 Å². The third kappa shape index (κ3) is 8.67. The van der Waals surface area contributed by atoms with Gasteiger partial charge in [0.15, 0.2) is 0 Å². The standard InChI is InChI=1S/C19H26Br2O5/c1-4-5-6-9-16(21)17(24-13(2)22)12-19-18(25-14(3)23)11-15(26-19)8-7-10-20/h5-6,8,10,15-19H,4,9,11-12H2,1-3H3. The van der Waals surface area contributed by atoms with Crippen molar-refractivity contribution in [3.05, 3.63) is 28.9 Å². The summed E-state index contributed by atoms with van der Waals surface area (Å²) in [5, 5.41) is 0. The van der Waals surface area contributed by atoms with Crippen molar-refractivity contribution in [3.63, 3.8) is 0 Å². The maximum absolute atomic E-state index is 11.5. The second-order valence-electron chi connectivity index (χ2n) is 6.05. The molecule has 26 heavy (non-hydrogen) atoms. The van der Waals surface area contributed by atoms with E-state index in [1.807, 2.05) is 0 Å². The first kappa shape index (κ1) is 23.2. The van der Waals surface area contributed by atoms with Crippen molar-refractivity contribution in [1.82, 2.24) is 0 Å². The lowest BCUT2D eigenvalue weighted by molar-refractivity contribution is -0.154.